The SMILES string of the molecule is CCC1(c2cc(OC)c(Cl)cc2OC)OCCO1. The molecule has 0 aliphatic carbocycles. The van der Waals surface area contributed by atoms with Crippen LogP contribution in [-0.2, 0) is 15.3 Å². The Kier molecular flexibility index (Phi) is 4.00. The summed E-state index contributed by atoms with van der Waals surface area (Å²) in [7, 11) is 3.17. The zero-order valence-electron chi connectivity index (χ0n) is 10.8. The van der Waals surface area contributed by atoms with E-state index >= 15 is 0 Å². The van der Waals surface area contributed by atoms with Crippen LogP contribution in [-0.4, -0.2) is 27.4 Å². The molecular formula is C13H17ClO4. The second-order valence-corrected chi connectivity index (χ2v) is 4.40. The lowest BCUT2D eigenvalue weighted by molar-refractivity contribution is -0.168. The summed E-state index contributed by atoms with van der Waals surface area (Å²) in [6.07, 6.45) is 0.689. The molecule has 0 spiro atoms. The summed E-state index contributed by atoms with van der Waals surface area (Å²) in [6, 6.07) is 3.54. The van der Waals surface area contributed by atoms with Gasteiger partial charge >= 0.3 is 0 Å². The fourth-order valence-corrected chi connectivity index (χ4v) is 2.39. The van der Waals surface area contributed by atoms with Gasteiger partial charge in [0, 0.05) is 12.5 Å². The zero-order valence-corrected chi connectivity index (χ0v) is 11.5. The van der Waals surface area contributed by atoms with E-state index in [0.29, 0.717) is 36.2 Å². The maximum absolute atomic E-state index is 6.09. The van der Waals surface area contributed by atoms with E-state index in [-0.39, 0.29) is 0 Å². The Bertz CT molecular complexity index is 427. The third-order valence-corrected chi connectivity index (χ3v) is 3.40. The Morgan fingerprint density at radius 3 is 2.28 bits per heavy atom. The van der Waals surface area contributed by atoms with Gasteiger partial charge in [-0.25, -0.2) is 0 Å². The van der Waals surface area contributed by atoms with Crippen LogP contribution in [0.4, 0.5) is 0 Å². The van der Waals surface area contributed by atoms with Crippen LogP contribution in [0.5, 0.6) is 11.5 Å². The summed E-state index contributed by atoms with van der Waals surface area (Å²) in [5, 5.41) is 0.502. The number of hydrogen-bond donors (Lipinski definition) is 0. The van der Waals surface area contributed by atoms with Crippen LogP contribution in [0.15, 0.2) is 12.1 Å². The first kappa shape index (κ1) is 13.5. The maximum Gasteiger partial charge on any atom is 0.198 e. The smallest absolute Gasteiger partial charge is 0.198 e. The molecule has 1 aliphatic heterocycles. The Labute approximate surface area is 112 Å². The van der Waals surface area contributed by atoms with Crippen LogP contribution < -0.4 is 9.47 Å². The number of halogens is 1. The molecule has 1 aromatic rings. The average molecular weight is 273 g/mol. The Balaban J connectivity index is 2.53. The van der Waals surface area contributed by atoms with E-state index in [1.807, 2.05) is 13.0 Å². The molecule has 0 radical (unpaired) electrons. The van der Waals surface area contributed by atoms with Crippen LogP contribution in [0.3, 0.4) is 0 Å². The molecule has 0 amide bonds. The quantitative estimate of drug-likeness (QED) is 0.844. The summed E-state index contributed by atoms with van der Waals surface area (Å²) < 4.78 is 22.1. The number of rotatable bonds is 4. The lowest BCUT2D eigenvalue weighted by atomic mass is 10.0. The van der Waals surface area contributed by atoms with Gasteiger partial charge in [0.25, 0.3) is 0 Å². The van der Waals surface area contributed by atoms with E-state index in [1.54, 1.807) is 20.3 Å². The van der Waals surface area contributed by atoms with Gasteiger partial charge in [-0.1, -0.05) is 18.5 Å². The number of methoxy groups -OCH3 is 2. The van der Waals surface area contributed by atoms with Crippen molar-refractivity contribution in [3.63, 3.8) is 0 Å². The van der Waals surface area contributed by atoms with Crippen molar-refractivity contribution in [2.45, 2.75) is 19.1 Å². The van der Waals surface area contributed by atoms with Crippen LogP contribution >= 0.6 is 11.6 Å². The largest absolute Gasteiger partial charge is 0.496 e. The fraction of sp³-hybridized carbons (Fsp3) is 0.538. The van der Waals surface area contributed by atoms with Gasteiger partial charge in [-0.05, 0) is 6.07 Å². The van der Waals surface area contributed by atoms with Gasteiger partial charge in [0.05, 0.1) is 38.0 Å². The van der Waals surface area contributed by atoms with Crippen molar-refractivity contribution in [3.05, 3.63) is 22.7 Å². The monoisotopic (exact) mass is 272 g/mol. The fourth-order valence-electron chi connectivity index (χ4n) is 2.16. The van der Waals surface area contributed by atoms with Crippen molar-refractivity contribution < 1.29 is 18.9 Å². The molecule has 1 aliphatic rings. The Morgan fingerprint density at radius 2 is 1.78 bits per heavy atom. The molecule has 0 atom stereocenters. The molecule has 2 rings (SSSR count). The van der Waals surface area contributed by atoms with Crippen LogP contribution in [0.2, 0.25) is 5.02 Å². The van der Waals surface area contributed by atoms with Crippen molar-refractivity contribution in [3.8, 4) is 11.5 Å². The van der Waals surface area contributed by atoms with E-state index in [4.69, 9.17) is 30.5 Å². The molecule has 1 aromatic carbocycles. The van der Waals surface area contributed by atoms with E-state index in [9.17, 15) is 0 Å². The third-order valence-electron chi connectivity index (χ3n) is 3.10. The maximum atomic E-state index is 6.09. The highest BCUT2D eigenvalue weighted by Gasteiger charge is 2.39. The van der Waals surface area contributed by atoms with Crippen molar-refractivity contribution in [2.75, 3.05) is 27.4 Å². The minimum Gasteiger partial charge on any atom is -0.496 e. The van der Waals surface area contributed by atoms with Crippen LogP contribution in [0, 0.1) is 0 Å². The predicted molar refractivity (Wildman–Crippen MR) is 68.4 cm³/mol. The molecule has 1 saturated heterocycles. The number of benzene rings is 1. The molecule has 0 saturated carbocycles. The van der Waals surface area contributed by atoms with Gasteiger partial charge in [-0.15, -0.1) is 0 Å². The summed E-state index contributed by atoms with van der Waals surface area (Å²) in [5.41, 5.74) is 0.811. The van der Waals surface area contributed by atoms with E-state index in [1.165, 1.54) is 0 Å². The minimum absolute atomic E-state index is 0.502. The van der Waals surface area contributed by atoms with Gasteiger partial charge < -0.3 is 18.9 Å². The second kappa shape index (κ2) is 5.34. The normalized spacial score (nSPS) is 17.8. The standard InChI is InChI=1S/C13H17ClO4/c1-4-13(17-5-6-18-13)9-7-12(16-3)10(14)8-11(9)15-2/h7-8H,4-6H2,1-3H3. The molecular weight excluding hydrogens is 256 g/mol. The van der Waals surface area contributed by atoms with Crippen molar-refractivity contribution in [1.82, 2.24) is 0 Å². The van der Waals surface area contributed by atoms with Crippen LogP contribution in [0.25, 0.3) is 0 Å². The minimum atomic E-state index is -0.761. The third kappa shape index (κ3) is 2.16. The predicted octanol–water partition coefficient (Wildman–Crippen LogP) is 2.97. The highest BCUT2D eigenvalue weighted by atomic mass is 35.5. The topological polar surface area (TPSA) is 36.9 Å². The van der Waals surface area contributed by atoms with Gasteiger partial charge in [0.1, 0.15) is 11.5 Å². The molecule has 4 nitrogen and oxygen atoms in total. The summed E-state index contributed by atoms with van der Waals surface area (Å²) in [6.45, 7) is 3.15. The van der Waals surface area contributed by atoms with Gasteiger partial charge in [0.15, 0.2) is 5.79 Å². The van der Waals surface area contributed by atoms with Crippen molar-refractivity contribution >= 4 is 11.6 Å². The lowest BCUT2D eigenvalue weighted by Crippen LogP contribution is -2.26. The first-order valence-electron chi connectivity index (χ1n) is 5.86. The van der Waals surface area contributed by atoms with Crippen molar-refractivity contribution in [1.29, 1.82) is 0 Å². The van der Waals surface area contributed by atoms with Crippen molar-refractivity contribution in [2.24, 2.45) is 0 Å². The summed E-state index contributed by atoms with van der Waals surface area (Å²) in [4.78, 5) is 0. The molecule has 0 aromatic heterocycles. The Morgan fingerprint density at radius 1 is 1.17 bits per heavy atom. The van der Waals surface area contributed by atoms with E-state index in [2.05, 4.69) is 0 Å². The highest BCUT2D eigenvalue weighted by molar-refractivity contribution is 6.32. The molecule has 18 heavy (non-hydrogen) atoms. The molecule has 1 heterocycles. The second-order valence-electron chi connectivity index (χ2n) is 3.99. The van der Waals surface area contributed by atoms with Gasteiger partial charge in [-0.2, -0.15) is 0 Å². The number of hydrogen-bond acceptors (Lipinski definition) is 4. The molecule has 1 fully saturated rings. The molecule has 0 bridgehead atoms. The lowest BCUT2D eigenvalue weighted by Gasteiger charge is -2.28. The molecule has 0 N–H and O–H groups in total. The Hall–Kier alpha value is -0.970. The summed E-state index contributed by atoms with van der Waals surface area (Å²) in [5.74, 6) is 0.465. The van der Waals surface area contributed by atoms with Crippen LogP contribution in [0.1, 0.15) is 18.9 Å². The highest BCUT2D eigenvalue weighted by Crippen LogP contribution is 2.43. The first-order chi connectivity index (χ1) is 8.66. The molecule has 100 valence electrons. The zero-order chi connectivity index (χ0) is 13.2. The first-order valence-corrected chi connectivity index (χ1v) is 6.24. The molecule has 0 unspecified atom stereocenters. The van der Waals surface area contributed by atoms with E-state index in [0.717, 1.165) is 5.56 Å². The average Bonchev–Trinajstić information content (AvgIpc) is 2.88. The van der Waals surface area contributed by atoms with E-state index < -0.39 is 5.79 Å². The number of ether oxygens (including phenoxy) is 4. The molecule has 5 heteroatoms. The van der Waals surface area contributed by atoms with Gasteiger partial charge in [0.2, 0.25) is 0 Å². The summed E-state index contributed by atoms with van der Waals surface area (Å²) >= 11 is 6.09. The van der Waals surface area contributed by atoms with Gasteiger partial charge in [-0.3, -0.25) is 0 Å².